The zero-order valence-electron chi connectivity index (χ0n) is 25.7. The molecule has 5 heteroatoms. The first-order chi connectivity index (χ1) is 23.8. The molecule has 0 aliphatic rings. The fraction of sp³-hybridized carbons (Fsp3) is 0. The average molecular weight is 615 g/mol. The van der Waals surface area contributed by atoms with Gasteiger partial charge in [0.2, 0.25) is 0 Å². The van der Waals surface area contributed by atoms with Crippen molar-refractivity contribution in [3.63, 3.8) is 0 Å². The van der Waals surface area contributed by atoms with Gasteiger partial charge in [0.05, 0.1) is 16.7 Å². The van der Waals surface area contributed by atoms with Crippen LogP contribution in [0, 0.1) is 0 Å². The second kappa shape index (κ2) is 10.5. The van der Waals surface area contributed by atoms with Crippen LogP contribution < -0.4 is 0 Å². The van der Waals surface area contributed by atoms with Crippen LogP contribution in [0.4, 0.5) is 0 Å². The van der Waals surface area contributed by atoms with E-state index in [0.29, 0.717) is 17.5 Å². The Labute approximate surface area is 275 Å². The Morgan fingerprint density at radius 3 is 1.67 bits per heavy atom. The van der Waals surface area contributed by atoms with Gasteiger partial charge in [0.25, 0.3) is 0 Å². The number of benzene rings is 7. The van der Waals surface area contributed by atoms with Crippen LogP contribution in [0.3, 0.4) is 0 Å². The van der Waals surface area contributed by atoms with Gasteiger partial charge in [-0.05, 0) is 47.2 Å². The van der Waals surface area contributed by atoms with E-state index in [4.69, 9.17) is 19.4 Å². The third-order valence-corrected chi connectivity index (χ3v) is 9.20. The largest absolute Gasteiger partial charge is 0.454 e. The highest BCUT2D eigenvalue weighted by Gasteiger charge is 2.21. The molecule has 3 heterocycles. The monoisotopic (exact) mass is 614 g/mol. The lowest BCUT2D eigenvalue weighted by atomic mass is 10.1. The maximum Gasteiger partial charge on any atom is 0.164 e. The first kappa shape index (κ1) is 26.6. The molecule has 0 fully saturated rings. The molecular formula is C43H26N4O. The van der Waals surface area contributed by atoms with E-state index in [9.17, 15) is 0 Å². The van der Waals surface area contributed by atoms with Crippen LogP contribution in [0.1, 0.15) is 0 Å². The maximum atomic E-state index is 6.70. The highest BCUT2D eigenvalue weighted by Crippen LogP contribution is 2.41. The van der Waals surface area contributed by atoms with E-state index in [0.717, 1.165) is 55.3 Å². The van der Waals surface area contributed by atoms with Crippen molar-refractivity contribution in [2.24, 2.45) is 0 Å². The molecule has 3 aromatic heterocycles. The van der Waals surface area contributed by atoms with Crippen molar-refractivity contribution in [1.29, 1.82) is 0 Å². The van der Waals surface area contributed by atoms with Crippen LogP contribution >= 0.6 is 0 Å². The lowest BCUT2D eigenvalue weighted by Gasteiger charge is -2.13. The summed E-state index contributed by atoms with van der Waals surface area (Å²) in [5, 5.41) is 6.82. The molecule has 0 bridgehead atoms. The SMILES string of the molecule is c1ccc(-c2nc(-c3ccccc3)nc(-c3cc(-n4c5ccccc5c5cc6ccccc6cc54)c4oc5ccccc5c4c3)n2)cc1. The number of furan rings is 1. The molecule has 5 nitrogen and oxygen atoms in total. The first-order valence-corrected chi connectivity index (χ1v) is 16.0. The Hall–Kier alpha value is -6.59. The van der Waals surface area contributed by atoms with Crippen molar-refractivity contribution in [3.05, 3.63) is 158 Å². The van der Waals surface area contributed by atoms with Crippen molar-refractivity contribution in [2.75, 3.05) is 0 Å². The molecule has 0 saturated carbocycles. The predicted molar refractivity (Wildman–Crippen MR) is 195 cm³/mol. The summed E-state index contributed by atoms with van der Waals surface area (Å²) in [6.07, 6.45) is 0. The number of fused-ring (bicyclic) bond motifs is 7. The van der Waals surface area contributed by atoms with Crippen molar-refractivity contribution < 1.29 is 4.42 Å². The van der Waals surface area contributed by atoms with Crippen molar-refractivity contribution in [3.8, 4) is 39.9 Å². The third kappa shape index (κ3) is 4.15. The topological polar surface area (TPSA) is 56.7 Å². The highest BCUT2D eigenvalue weighted by atomic mass is 16.3. The van der Waals surface area contributed by atoms with Crippen LogP contribution in [-0.2, 0) is 0 Å². The number of hydrogen-bond acceptors (Lipinski definition) is 4. The van der Waals surface area contributed by atoms with E-state index in [-0.39, 0.29) is 0 Å². The highest BCUT2D eigenvalue weighted by molar-refractivity contribution is 6.16. The Morgan fingerprint density at radius 1 is 0.396 bits per heavy atom. The maximum absolute atomic E-state index is 6.70. The zero-order chi connectivity index (χ0) is 31.6. The molecule has 0 spiro atoms. The Balaban J connectivity index is 1.32. The molecule has 7 aromatic carbocycles. The van der Waals surface area contributed by atoms with Crippen LogP contribution in [0.15, 0.2) is 162 Å². The molecule has 0 radical (unpaired) electrons. The van der Waals surface area contributed by atoms with E-state index in [2.05, 4.69) is 89.5 Å². The van der Waals surface area contributed by atoms with Crippen LogP contribution in [-0.4, -0.2) is 19.5 Å². The van der Waals surface area contributed by atoms with Gasteiger partial charge >= 0.3 is 0 Å². The molecule has 0 aliphatic heterocycles. The fourth-order valence-electron chi connectivity index (χ4n) is 6.96. The quantitative estimate of drug-likeness (QED) is 0.198. The number of aromatic nitrogens is 4. The number of rotatable bonds is 4. The number of nitrogens with zero attached hydrogens (tertiary/aromatic N) is 4. The molecule has 10 rings (SSSR count). The van der Waals surface area contributed by atoms with Gasteiger partial charge in [-0.3, -0.25) is 0 Å². The van der Waals surface area contributed by atoms with Gasteiger partial charge in [-0.2, -0.15) is 0 Å². The lowest BCUT2D eigenvalue weighted by molar-refractivity contribution is 0.666. The van der Waals surface area contributed by atoms with Gasteiger partial charge in [-0.25, -0.2) is 15.0 Å². The van der Waals surface area contributed by atoms with Gasteiger partial charge in [0.15, 0.2) is 23.1 Å². The molecule has 0 unspecified atom stereocenters. The number of hydrogen-bond donors (Lipinski definition) is 0. The molecule has 0 N–H and O–H groups in total. The minimum atomic E-state index is 0.599. The molecule has 224 valence electrons. The summed E-state index contributed by atoms with van der Waals surface area (Å²) in [5.74, 6) is 1.85. The zero-order valence-corrected chi connectivity index (χ0v) is 25.7. The first-order valence-electron chi connectivity index (χ1n) is 16.0. The molecule has 0 aliphatic carbocycles. The Morgan fingerprint density at radius 2 is 0.958 bits per heavy atom. The summed E-state index contributed by atoms with van der Waals surface area (Å²) in [6, 6.07) is 54.4. The summed E-state index contributed by atoms with van der Waals surface area (Å²) >= 11 is 0. The molecule has 0 saturated heterocycles. The second-order valence-corrected chi connectivity index (χ2v) is 12.1. The third-order valence-electron chi connectivity index (χ3n) is 9.20. The van der Waals surface area contributed by atoms with Gasteiger partial charge < -0.3 is 8.98 Å². The van der Waals surface area contributed by atoms with E-state index < -0.39 is 0 Å². The lowest BCUT2D eigenvalue weighted by Crippen LogP contribution is -2.01. The summed E-state index contributed by atoms with van der Waals surface area (Å²) in [6.45, 7) is 0. The average Bonchev–Trinajstić information content (AvgIpc) is 3.69. The number of para-hydroxylation sites is 2. The van der Waals surface area contributed by atoms with Crippen molar-refractivity contribution in [1.82, 2.24) is 19.5 Å². The van der Waals surface area contributed by atoms with Gasteiger partial charge in [-0.15, -0.1) is 0 Å². The normalized spacial score (nSPS) is 11.8. The summed E-state index contributed by atoms with van der Waals surface area (Å²) < 4.78 is 9.03. The van der Waals surface area contributed by atoms with E-state index >= 15 is 0 Å². The molecule has 48 heavy (non-hydrogen) atoms. The second-order valence-electron chi connectivity index (χ2n) is 12.1. The summed E-state index contributed by atoms with van der Waals surface area (Å²) in [5.41, 5.74) is 7.55. The van der Waals surface area contributed by atoms with Crippen LogP contribution in [0.5, 0.6) is 0 Å². The summed E-state index contributed by atoms with van der Waals surface area (Å²) in [7, 11) is 0. The molecule has 10 aromatic rings. The predicted octanol–water partition coefficient (Wildman–Crippen LogP) is 11.0. The van der Waals surface area contributed by atoms with Crippen molar-refractivity contribution >= 4 is 54.5 Å². The molecular weight excluding hydrogens is 589 g/mol. The Bertz CT molecular complexity index is 2780. The van der Waals surface area contributed by atoms with Gasteiger partial charge in [-0.1, -0.05) is 121 Å². The summed E-state index contributed by atoms with van der Waals surface area (Å²) in [4.78, 5) is 15.1. The Kier molecular flexibility index (Phi) is 5.81. The smallest absolute Gasteiger partial charge is 0.164 e. The van der Waals surface area contributed by atoms with Gasteiger partial charge in [0, 0.05) is 38.2 Å². The van der Waals surface area contributed by atoms with Crippen LogP contribution in [0.25, 0.3) is 94.4 Å². The standard InChI is InChI=1S/C43H26N4O/c1-3-13-27(14-4-1)41-44-42(28-15-5-2-6-16-28)46-43(45-41)31-24-35-33-20-10-12-22-39(33)48-40(35)38(26-31)47-36-21-11-9-19-32(36)34-23-29-17-7-8-18-30(29)25-37(34)47/h1-26H. The molecule has 0 amide bonds. The van der Waals surface area contributed by atoms with Crippen molar-refractivity contribution in [2.45, 2.75) is 0 Å². The molecule has 0 atom stereocenters. The van der Waals surface area contributed by atoms with E-state index in [1.54, 1.807) is 0 Å². The fourth-order valence-corrected chi connectivity index (χ4v) is 6.96. The minimum Gasteiger partial charge on any atom is -0.454 e. The minimum absolute atomic E-state index is 0.599. The van der Waals surface area contributed by atoms with E-state index in [1.165, 1.54) is 21.5 Å². The van der Waals surface area contributed by atoms with E-state index in [1.807, 2.05) is 72.8 Å². The van der Waals surface area contributed by atoms with Gasteiger partial charge in [0.1, 0.15) is 5.58 Å². The van der Waals surface area contributed by atoms with Crippen LogP contribution in [0.2, 0.25) is 0 Å².